The standard InChI is InChI=1S/2C17H12ClNO2S.Ca/c2*18-13-8-6-11(7-9-13)16-14(10-15(20)21)22-17(19-16)12-4-2-1-3-5-12;/h2*1-9H,10H2,(H,20,21);/q;;+2/p-2. The molecule has 4 aromatic carbocycles. The van der Waals surface area contributed by atoms with Gasteiger partial charge in [0.25, 0.3) is 0 Å². The molecule has 2 aromatic heterocycles. The van der Waals surface area contributed by atoms with Crippen molar-refractivity contribution in [2.45, 2.75) is 12.8 Å². The molecule has 220 valence electrons. The second-order valence-electron chi connectivity index (χ2n) is 9.43. The molecule has 0 aliphatic rings. The number of hydrogen-bond acceptors (Lipinski definition) is 8. The van der Waals surface area contributed by atoms with Crippen molar-refractivity contribution in [1.82, 2.24) is 9.97 Å². The number of nitrogens with zero attached hydrogens (tertiary/aromatic N) is 2. The molecule has 0 aliphatic heterocycles. The predicted octanol–water partition coefficient (Wildman–Crippen LogP) is 6.47. The first-order chi connectivity index (χ1) is 21.3. The predicted molar refractivity (Wildman–Crippen MR) is 179 cm³/mol. The van der Waals surface area contributed by atoms with E-state index in [1.54, 1.807) is 24.3 Å². The van der Waals surface area contributed by atoms with Crippen LogP contribution in [-0.4, -0.2) is 59.6 Å². The van der Waals surface area contributed by atoms with Gasteiger partial charge in [-0.15, -0.1) is 22.7 Å². The number of carboxylic acids is 2. The molecule has 0 bridgehead atoms. The number of carbonyl (C=O) groups excluding carboxylic acids is 2. The van der Waals surface area contributed by atoms with Gasteiger partial charge in [0.05, 0.1) is 11.4 Å². The number of thiazole rings is 2. The minimum atomic E-state index is -1.11. The fraction of sp³-hybridized carbons (Fsp3) is 0.0588. The molecule has 11 heteroatoms. The first kappa shape index (κ1) is 34.8. The minimum absolute atomic E-state index is 0. The van der Waals surface area contributed by atoms with Gasteiger partial charge >= 0.3 is 37.7 Å². The zero-order valence-corrected chi connectivity index (χ0v) is 29.0. The summed E-state index contributed by atoms with van der Waals surface area (Å²) in [6.07, 6.45) is -0.301. The second kappa shape index (κ2) is 16.5. The normalized spacial score (nSPS) is 10.4. The van der Waals surface area contributed by atoms with Crippen LogP contribution in [0.3, 0.4) is 0 Å². The van der Waals surface area contributed by atoms with Gasteiger partial charge in [0, 0.05) is 66.8 Å². The molecule has 0 spiro atoms. The summed E-state index contributed by atoms with van der Waals surface area (Å²) in [7, 11) is 0. The van der Waals surface area contributed by atoms with Crippen LogP contribution < -0.4 is 10.2 Å². The first-order valence-electron chi connectivity index (χ1n) is 13.3. The van der Waals surface area contributed by atoms with Gasteiger partial charge in [-0.1, -0.05) is 108 Å². The Hall–Kier alpha value is -3.08. The zero-order valence-electron chi connectivity index (χ0n) is 23.6. The Morgan fingerprint density at radius 3 is 1.18 bits per heavy atom. The van der Waals surface area contributed by atoms with Crippen molar-refractivity contribution in [2.24, 2.45) is 0 Å². The van der Waals surface area contributed by atoms with Crippen molar-refractivity contribution in [2.75, 3.05) is 0 Å². The van der Waals surface area contributed by atoms with E-state index in [-0.39, 0.29) is 50.6 Å². The van der Waals surface area contributed by atoms with Crippen LogP contribution in [0.25, 0.3) is 43.7 Å². The van der Waals surface area contributed by atoms with Crippen molar-refractivity contribution >= 4 is 95.6 Å². The molecule has 2 heterocycles. The molecule has 6 rings (SSSR count). The number of halogens is 2. The number of aromatic nitrogens is 2. The second-order valence-corrected chi connectivity index (χ2v) is 12.5. The monoisotopic (exact) mass is 696 g/mol. The van der Waals surface area contributed by atoms with Crippen LogP contribution in [0, 0.1) is 0 Å². The minimum Gasteiger partial charge on any atom is -0.550 e. The van der Waals surface area contributed by atoms with E-state index < -0.39 is 11.9 Å². The molecule has 6 aromatic rings. The van der Waals surface area contributed by atoms with E-state index in [0.717, 1.165) is 32.3 Å². The Bertz CT molecular complexity index is 1740. The maximum atomic E-state index is 11.0. The fourth-order valence-corrected chi connectivity index (χ4v) is 6.68. The van der Waals surface area contributed by atoms with Crippen LogP contribution in [0.15, 0.2) is 109 Å². The molecule has 45 heavy (non-hydrogen) atoms. The quantitative estimate of drug-likeness (QED) is 0.169. The van der Waals surface area contributed by atoms with Crippen LogP contribution in [0.4, 0.5) is 0 Å². The molecule has 6 nitrogen and oxygen atoms in total. The van der Waals surface area contributed by atoms with Crippen LogP contribution in [0.5, 0.6) is 0 Å². The van der Waals surface area contributed by atoms with E-state index >= 15 is 0 Å². The van der Waals surface area contributed by atoms with Crippen LogP contribution in [-0.2, 0) is 22.4 Å². The van der Waals surface area contributed by atoms with Crippen LogP contribution in [0.1, 0.15) is 9.75 Å². The molecule has 0 saturated carbocycles. The van der Waals surface area contributed by atoms with E-state index in [2.05, 4.69) is 9.97 Å². The van der Waals surface area contributed by atoms with Crippen molar-refractivity contribution in [1.29, 1.82) is 0 Å². The molecule has 0 amide bonds. The number of carboxylic acid groups (broad SMARTS) is 2. The molecule has 0 unspecified atom stereocenters. The largest absolute Gasteiger partial charge is 2.00 e. The molecule has 0 atom stereocenters. The Balaban J connectivity index is 0.000000200. The smallest absolute Gasteiger partial charge is 0.550 e. The average Bonchev–Trinajstić information content (AvgIpc) is 3.63. The van der Waals surface area contributed by atoms with Gasteiger partial charge in [0.15, 0.2) is 0 Å². The van der Waals surface area contributed by atoms with Crippen LogP contribution in [0.2, 0.25) is 10.0 Å². The molecular formula is C34H22CaCl2N2O4S2. The summed E-state index contributed by atoms with van der Waals surface area (Å²) >= 11 is 14.6. The third-order valence-corrected chi connectivity index (χ3v) is 8.99. The summed E-state index contributed by atoms with van der Waals surface area (Å²) < 4.78 is 0. The van der Waals surface area contributed by atoms with Gasteiger partial charge in [0.1, 0.15) is 10.0 Å². The summed E-state index contributed by atoms with van der Waals surface area (Å²) in [6.45, 7) is 0. The van der Waals surface area contributed by atoms with E-state index in [1.807, 2.05) is 84.9 Å². The average molecular weight is 698 g/mol. The maximum absolute atomic E-state index is 11.0. The summed E-state index contributed by atoms with van der Waals surface area (Å²) in [5, 5.41) is 24.8. The van der Waals surface area contributed by atoms with Crippen molar-refractivity contribution in [3.05, 3.63) is 129 Å². The first-order valence-corrected chi connectivity index (χ1v) is 15.7. The molecule has 0 radical (unpaired) electrons. The third-order valence-electron chi connectivity index (χ3n) is 6.28. The molecule has 0 aliphatic carbocycles. The summed E-state index contributed by atoms with van der Waals surface area (Å²) in [5.41, 5.74) is 4.97. The summed E-state index contributed by atoms with van der Waals surface area (Å²) in [4.78, 5) is 32.6. The molecule has 0 fully saturated rings. The van der Waals surface area contributed by atoms with Gasteiger partial charge in [-0.25, -0.2) is 9.97 Å². The van der Waals surface area contributed by atoms with Crippen molar-refractivity contribution in [3.63, 3.8) is 0 Å². The number of aliphatic carboxylic acids is 2. The molecule has 0 saturated heterocycles. The molecule has 0 N–H and O–H groups in total. The van der Waals surface area contributed by atoms with Gasteiger partial charge in [0.2, 0.25) is 0 Å². The molecular weight excluding hydrogens is 676 g/mol. The van der Waals surface area contributed by atoms with E-state index in [9.17, 15) is 19.8 Å². The maximum Gasteiger partial charge on any atom is 2.00 e. The number of rotatable bonds is 8. The van der Waals surface area contributed by atoms with E-state index in [4.69, 9.17) is 23.2 Å². The topological polar surface area (TPSA) is 106 Å². The number of hydrogen-bond donors (Lipinski definition) is 0. The Kier molecular flexibility index (Phi) is 12.7. The van der Waals surface area contributed by atoms with E-state index in [0.29, 0.717) is 31.2 Å². The van der Waals surface area contributed by atoms with E-state index in [1.165, 1.54) is 22.7 Å². The number of carbonyl (C=O) groups is 2. The van der Waals surface area contributed by atoms with Gasteiger partial charge < -0.3 is 19.8 Å². The number of benzene rings is 4. The zero-order chi connectivity index (χ0) is 31.1. The summed E-state index contributed by atoms with van der Waals surface area (Å²) in [5.74, 6) is -2.23. The third kappa shape index (κ3) is 9.47. The van der Waals surface area contributed by atoms with Crippen molar-refractivity contribution < 1.29 is 19.8 Å². The Morgan fingerprint density at radius 1 is 0.533 bits per heavy atom. The summed E-state index contributed by atoms with van der Waals surface area (Å²) in [6, 6.07) is 33.8. The Morgan fingerprint density at radius 2 is 0.867 bits per heavy atom. The van der Waals surface area contributed by atoms with Crippen LogP contribution >= 0.6 is 45.9 Å². The van der Waals surface area contributed by atoms with Gasteiger partial charge in [-0.3, -0.25) is 0 Å². The SMILES string of the molecule is O=C([O-])Cc1sc(-c2ccccc2)nc1-c1ccc(Cl)cc1.O=C([O-])Cc1sc(-c2ccccc2)nc1-c1ccc(Cl)cc1.[Ca+2]. The fourth-order valence-electron chi connectivity index (χ4n) is 4.28. The van der Waals surface area contributed by atoms with Gasteiger partial charge in [-0.05, 0) is 24.3 Å². The Labute approximate surface area is 308 Å². The van der Waals surface area contributed by atoms with Crippen molar-refractivity contribution in [3.8, 4) is 43.7 Å². The van der Waals surface area contributed by atoms with Gasteiger partial charge in [-0.2, -0.15) is 0 Å².